The molecule has 0 amide bonds. The summed E-state index contributed by atoms with van der Waals surface area (Å²) in [5, 5.41) is 6.49. The van der Waals surface area contributed by atoms with Crippen LogP contribution in [-0.4, -0.2) is 40.3 Å². The topological polar surface area (TPSA) is 152 Å². The monoisotopic (exact) mass is 453 g/mol. The molecule has 33 heavy (non-hydrogen) atoms. The minimum absolute atomic E-state index is 0.126. The van der Waals surface area contributed by atoms with Gasteiger partial charge in [0.15, 0.2) is 0 Å². The standard InChI is InChI=1S/C22H27N7O4/c1-32-18-10-8-17(9-11-18)14-28-20(25-12-5-13-33-27-19(23)24)26-21(30)29(22(28)31)15-16-6-3-2-4-7-16/h2-4,6-11H,5,12-15H2,1H3,(H4,23,24,27)(H,25,26,30). The summed E-state index contributed by atoms with van der Waals surface area (Å²) in [4.78, 5) is 35.1. The van der Waals surface area contributed by atoms with E-state index in [0.717, 1.165) is 15.7 Å². The molecule has 2 aromatic carbocycles. The van der Waals surface area contributed by atoms with E-state index in [0.29, 0.717) is 18.7 Å². The summed E-state index contributed by atoms with van der Waals surface area (Å²) >= 11 is 0. The van der Waals surface area contributed by atoms with Gasteiger partial charge in [-0.2, -0.15) is 4.98 Å². The molecule has 0 bridgehead atoms. The molecule has 0 saturated carbocycles. The predicted octanol–water partition coefficient (Wildman–Crippen LogP) is 0.517. The number of nitrogens with one attached hydrogen (secondary N) is 1. The first-order chi connectivity index (χ1) is 16.0. The van der Waals surface area contributed by atoms with E-state index in [2.05, 4.69) is 15.5 Å². The average molecular weight is 454 g/mol. The molecule has 0 aliphatic rings. The third kappa shape index (κ3) is 6.60. The van der Waals surface area contributed by atoms with Crippen LogP contribution in [0.25, 0.3) is 0 Å². The fourth-order valence-electron chi connectivity index (χ4n) is 3.08. The lowest BCUT2D eigenvalue weighted by Crippen LogP contribution is -2.43. The Labute approximate surface area is 190 Å². The highest BCUT2D eigenvalue weighted by atomic mass is 16.6. The molecule has 0 aliphatic carbocycles. The largest absolute Gasteiger partial charge is 0.497 e. The Bertz CT molecular complexity index is 1180. The smallest absolute Gasteiger partial charge is 0.355 e. The lowest BCUT2D eigenvalue weighted by molar-refractivity contribution is 0.143. The molecule has 0 aliphatic heterocycles. The molecule has 0 saturated heterocycles. The highest BCUT2D eigenvalue weighted by Crippen LogP contribution is 2.13. The quantitative estimate of drug-likeness (QED) is 0.164. The molecule has 0 fully saturated rings. The highest BCUT2D eigenvalue weighted by Gasteiger charge is 2.14. The number of methoxy groups -OCH3 is 1. The van der Waals surface area contributed by atoms with Crippen LogP contribution in [0.4, 0.5) is 5.95 Å². The molecule has 0 unspecified atom stereocenters. The number of nitrogens with zero attached hydrogens (tertiary/aromatic N) is 4. The van der Waals surface area contributed by atoms with Crippen LogP contribution in [0, 0.1) is 0 Å². The second-order valence-electron chi connectivity index (χ2n) is 7.14. The van der Waals surface area contributed by atoms with Crippen molar-refractivity contribution in [3.63, 3.8) is 0 Å². The second kappa shape index (κ2) is 11.4. The first kappa shape index (κ1) is 23.4. The number of rotatable bonds is 11. The molecule has 3 aromatic rings. The van der Waals surface area contributed by atoms with Gasteiger partial charge in [0.2, 0.25) is 11.9 Å². The summed E-state index contributed by atoms with van der Waals surface area (Å²) in [6, 6.07) is 16.6. The van der Waals surface area contributed by atoms with Crippen LogP contribution >= 0.6 is 0 Å². The first-order valence-corrected chi connectivity index (χ1v) is 10.3. The van der Waals surface area contributed by atoms with E-state index in [1.165, 1.54) is 4.57 Å². The molecule has 1 aromatic heterocycles. The Morgan fingerprint density at radius 2 is 1.67 bits per heavy atom. The lowest BCUT2D eigenvalue weighted by atomic mass is 10.2. The SMILES string of the molecule is COc1ccc(Cn2c(NCCCON=C(N)N)nc(=O)n(Cc3ccccc3)c2=O)cc1. The number of hydrogen-bond donors (Lipinski definition) is 3. The zero-order valence-corrected chi connectivity index (χ0v) is 18.3. The summed E-state index contributed by atoms with van der Waals surface area (Å²) in [6.45, 7) is 0.981. The second-order valence-corrected chi connectivity index (χ2v) is 7.14. The summed E-state index contributed by atoms with van der Waals surface area (Å²) in [7, 11) is 1.59. The van der Waals surface area contributed by atoms with Crippen molar-refractivity contribution in [2.75, 3.05) is 25.6 Å². The van der Waals surface area contributed by atoms with E-state index in [1.807, 2.05) is 54.6 Å². The summed E-state index contributed by atoms with van der Waals surface area (Å²) in [5.41, 5.74) is 11.0. The third-order valence-electron chi connectivity index (χ3n) is 4.70. The van der Waals surface area contributed by atoms with E-state index >= 15 is 0 Å². The van der Waals surface area contributed by atoms with E-state index < -0.39 is 11.4 Å². The molecule has 174 valence electrons. The van der Waals surface area contributed by atoms with Crippen molar-refractivity contribution in [3.05, 3.63) is 86.7 Å². The van der Waals surface area contributed by atoms with Gasteiger partial charge in [-0.25, -0.2) is 14.2 Å². The van der Waals surface area contributed by atoms with E-state index in [-0.39, 0.29) is 31.6 Å². The molecule has 11 nitrogen and oxygen atoms in total. The van der Waals surface area contributed by atoms with Gasteiger partial charge >= 0.3 is 11.4 Å². The van der Waals surface area contributed by atoms with Crippen molar-refractivity contribution < 1.29 is 9.57 Å². The van der Waals surface area contributed by atoms with E-state index in [4.69, 9.17) is 21.0 Å². The molecular weight excluding hydrogens is 426 g/mol. The number of aromatic nitrogens is 3. The van der Waals surface area contributed by atoms with Gasteiger partial charge in [-0.3, -0.25) is 4.57 Å². The van der Waals surface area contributed by atoms with E-state index in [9.17, 15) is 9.59 Å². The van der Waals surface area contributed by atoms with Gasteiger partial charge in [0.1, 0.15) is 12.4 Å². The number of benzene rings is 2. The van der Waals surface area contributed by atoms with Gasteiger partial charge in [-0.1, -0.05) is 42.5 Å². The number of hydrogen-bond acceptors (Lipinski definition) is 7. The molecule has 1 heterocycles. The van der Waals surface area contributed by atoms with Crippen molar-refractivity contribution in [2.24, 2.45) is 16.6 Å². The van der Waals surface area contributed by atoms with Crippen molar-refractivity contribution in [2.45, 2.75) is 19.5 Å². The Balaban J connectivity index is 1.87. The van der Waals surface area contributed by atoms with Gasteiger partial charge < -0.3 is 26.4 Å². The fraction of sp³-hybridized carbons (Fsp3) is 0.273. The van der Waals surface area contributed by atoms with Crippen LogP contribution in [0.3, 0.4) is 0 Å². The van der Waals surface area contributed by atoms with E-state index in [1.54, 1.807) is 7.11 Å². The fourth-order valence-corrected chi connectivity index (χ4v) is 3.08. The highest BCUT2D eigenvalue weighted by molar-refractivity contribution is 5.74. The van der Waals surface area contributed by atoms with Crippen LogP contribution in [0.1, 0.15) is 17.5 Å². The molecule has 5 N–H and O–H groups in total. The van der Waals surface area contributed by atoms with Gasteiger partial charge in [0.05, 0.1) is 20.2 Å². The number of ether oxygens (including phenoxy) is 1. The Kier molecular flexibility index (Phi) is 8.06. The first-order valence-electron chi connectivity index (χ1n) is 10.3. The number of nitrogens with two attached hydrogens (primary N) is 2. The van der Waals surface area contributed by atoms with Crippen molar-refractivity contribution in [3.8, 4) is 5.75 Å². The van der Waals surface area contributed by atoms with Crippen molar-refractivity contribution in [1.82, 2.24) is 14.1 Å². The molecule has 11 heteroatoms. The summed E-state index contributed by atoms with van der Waals surface area (Å²) in [5.74, 6) is 0.712. The van der Waals surface area contributed by atoms with Gasteiger partial charge in [-0.05, 0) is 28.4 Å². The Morgan fingerprint density at radius 1 is 1.00 bits per heavy atom. The maximum Gasteiger partial charge on any atom is 0.355 e. The van der Waals surface area contributed by atoms with Crippen LogP contribution in [0.15, 0.2) is 69.3 Å². The predicted molar refractivity (Wildman–Crippen MR) is 125 cm³/mol. The van der Waals surface area contributed by atoms with Crippen LogP contribution in [0.2, 0.25) is 0 Å². The van der Waals surface area contributed by atoms with Crippen LogP contribution < -0.4 is 32.9 Å². The summed E-state index contributed by atoms with van der Waals surface area (Å²) in [6.07, 6.45) is 0.516. The Hall–Kier alpha value is -4.28. The normalized spacial score (nSPS) is 10.5. The average Bonchev–Trinajstić information content (AvgIpc) is 2.82. The molecule has 0 radical (unpaired) electrons. The van der Waals surface area contributed by atoms with Crippen molar-refractivity contribution >= 4 is 11.9 Å². The van der Waals surface area contributed by atoms with Gasteiger partial charge in [-0.15, -0.1) is 0 Å². The molecule has 3 rings (SSSR count). The minimum Gasteiger partial charge on any atom is -0.497 e. The number of guanidine groups is 1. The zero-order valence-electron chi connectivity index (χ0n) is 18.3. The molecular formula is C22H27N7O4. The van der Waals surface area contributed by atoms with Gasteiger partial charge in [0.25, 0.3) is 0 Å². The molecule has 0 atom stereocenters. The Morgan fingerprint density at radius 3 is 2.33 bits per heavy atom. The van der Waals surface area contributed by atoms with Gasteiger partial charge in [0, 0.05) is 13.0 Å². The minimum atomic E-state index is -0.630. The van der Waals surface area contributed by atoms with Crippen molar-refractivity contribution in [1.29, 1.82) is 0 Å². The maximum absolute atomic E-state index is 13.3. The molecule has 0 spiro atoms. The lowest BCUT2D eigenvalue weighted by Gasteiger charge is -2.16. The van der Waals surface area contributed by atoms with Crippen LogP contribution in [-0.2, 0) is 17.9 Å². The summed E-state index contributed by atoms with van der Waals surface area (Å²) < 4.78 is 7.74. The van der Waals surface area contributed by atoms with Crippen LogP contribution in [0.5, 0.6) is 5.75 Å². The maximum atomic E-state index is 13.3. The zero-order chi connectivity index (χ0) is 23.6. The number of anilines is 1. The number of oxime groups is 1. The third-order valence-corrected chi connectivity index (χ3v) is 4.70.